The highest BCUT2D eigenvalue weighted by atomic mass is 79.9. The number of carbonyl (C=O) groups is 1. The molecule has 0 fully saturated rings. The highest BCUT2D eigenvalue weighted by Gasteiger charge is 2.34. The zero-order valence-corrected chi connectivity index (χ0v) is 12.1. The van der Waals surface area contributed by atoms with E-state index in [1.54, 1.807) is 20.8 Å². The van der Waals surface area contributed by atoms with Crippen LogP contribution >= 0.6 is 15.9 Å². The molecule has 0 saturated carbocycles. The number of nitrogens with two attached hydrogens (primary N) is 1. The molecule has 0 unspecified atom stereocenters. The van der Waals surface area contributed by atoms with Crippen LogP contribution in [0.25, 0.3) is 0 Å². The second-order valence-corrected chi connectivity index (χ2v) is 5.77. The predicted molar refractivity (Wildman–Crippen MR) is 68.7 cm³/mol. The largest absolute Gasteiger partial charge is 0.456 e. The number of nitrogen functional groups attached to an aromatic ring is 1. The normalized spacial score (nSPS) is 12.4. The summed E-state index contributed by atoms with van der Waals surface area (Å²) in [5, 5.41) is 0. The van der Waals surface area contributed by atoms with Crippen LogP contribution < -0.4 is 5.73 Å². The number of rotatable bonds is 1. The number of anilines is 1. The van der Waals surface area contributed by atoms with Gasteiger partial charge in [0, 0.05) is 10.2 Å². The van der Waals surface area contributed by atoms with Gasteiger partial charge < -0.3 is 10.5 Å². The highest BCUT2D eigenvalue weighted by molar-refractivity contribution is 9.10. The third-order valence-corrected chi connectivity index (χ3v) is 2.72. The lowest BCUT2D eigenvalue weighted by Gasteiger charge is -2.20. The molecular weight excluding hydrogens is 327 g/mol. The summed E-state index contributed by atoms with van der Waals surface area (Å²) in [6.07, 6.45) is -4.54. The van der Waals surface area contributed by atoms with Gasteiger partial charge in [-0.1, -0.05) is 15.9 Å². The molecule has 1 aromatic rings. The van der Waals surface area contributed by atoms with Gasteiger partial charge in [-0.25, -0.2) is 4.79 Å². The first-order valence-electron chi connectivity index (χ1n) is 5.31. The van der Waals surface area contributed by atoms with E-state index in [4.69, 9.17) is 10.5 Å². The Labute approximate surface area is 117 Å². The Morgan fingerprint density at radius 3 is 2.21 bits per heavy atom. The van der Waals surface area contributed by atoms with Gasteiger partial charge in [-0.05, 0) is 32.9 Å². The van der Waals surface area contributed by atoms with Crippen LogP contribution in [-0.2, 0) is 10.9 Å². The number of benzene rings is 1. The van der Waals surface area contributed by atoms with Gasteiger partial charge >= 0.3 is 12.1 Å². The zero-order chi connectivity index (χ0) is 15.0. The molecule has 0 aliphatic heterocycles. The number of hydrogen-bond donors (Lipinski definition) is 1. The molecule has 0 amide bonds. The van der Waals surface area contributed by atoms with E-state index in [2.05, 4.69) is 15.9 Å². The molecule has 0 spiro atoms. The van der Waals surface area contributed by atoms with Crippen molar-refractivity contribution in [3.8, 4) is 0 Å². The van der Waals surface area contributed by atoms with E-state index in [0.717, 1.165) is 6.07 Å². The first-order chi connectivity index (χ1) is 8.42. The lowest BCUT2D eigenvalue weighted by molar-refractivity contribution is -0.138. The molecule has 19 heavy (non-hydrogen) atoms. The molecule has 0 bridgehead atoms. The minimum absolute atomic E-state index is 0.102. The van der Waals surface area contributed by atoms with Gasteiger partial charge in [0.2, 0.25) is 0 Å². The van der Waals surface area contributed by atoms with Gasteiger partial charge in [0.05, 0.1) is 11.1 Å². The molecule has 0 atom stereocenters. The third kappa shape index (κ3) is 4.12. The highest BCUT2D eigenvalue weighted by Crippen LogP contribution is 2.37. The van der Waals surface area contributed by atoms with Gasteiger partial charge in [-0.3, -0.25) is 0 Å². The van der Waals surface area contributed by atoms with E-state index in [0.29, 0.717) is 6.07 Å². The molecule has 0 aliphatic rings. The molecule has 7 heteroatoms. The van der Waals surface area contributed by atoms with Gasteiger partial charge in [0.1, 0.15) is 5.60 Å². The first kappa shape index (κ1) is 15.8. The van der Waals surface area contributed by atoms with Crippen molar-refractivity contribution in [1.29, 1.82) is 0 Å². The smallest absolute Gasteiger partial charge is 0.417 e. The van der Waals surface area contributed by atoms with E-state index in [-0.39, 0.29) is 15.7 Å². The van der Waals surface area contributed by atoms with Crippen LogP contribution in [0.5, 0.6) is 0 Å². The van der Waals surface area contributed by atoms with Crippen LogP contribution in [0.1, 0.15) is 36.7 Å². The van der Waals surface area contributed by atoms with Crippen molar-refractivity contribution in [1.82, 2.24) is 0 Å². The maximum absolute atomic E-state index is 12.6. The van der Waals surface area contributed by atoms with Crippen molar-refractivity contribution < 1.29 is 22.7 Å². The Bertz CT molecular complexity index is 507. The van der Waals surface area contributed by atoms with Crippen LogP contribution in [0.2, 0.25) is 0 Å². The summed E-state index contributed by atoms with van der Waals surface area (Å²) < 4.78 is 42.7. The van der Waals surface area contributed by atoms with Crippen molar-refractivity contribution in [2.45, 2.75) is 32.5 Å². The Balaban J connectivity index is 3.20. The van der Waals surface area contributed by atoms with Crippen LogP contribution in [0, 0.1) is 0 Å². The van der Waals surface area contributed by atoms with E-state index in [1.807, 2.05) is 0 Å². The van der Waals surface area contributed by atoms with Crippen LogP contribution in [-0.4, -0.2) is 11.6 Å². The van der Waals surface area contributed by atoms with Gasteiger partial charge in [-0.2, -0.15) is 13.2 Å². The maximum atomic E-state index is 12.6. The number of halogens is 4. The molecule has 0 saturated heterocycles. The van der Waals surface area contributed by atoms with E-state index < -0.39 is 23.3 Å². The van der Waals surface area contributed by atoms with Crippen molar-refractivity contribution in [3.05, 3.63) is 27.7 Å². The first-order valence-corrected chi connectivity index (χ1v) is 6.10. The number of ether oxygens (including phenoxy) is 1. The second kappa shape index (κ2) is 5.03. The molecule has 106 valence electrons. The monoisotopic (exact) mass is 339 g/mol. The summed E-state index contributed by atoms with van der Waals surface area (Å²) in [7, 11) is 0. The molecule has 0 heterocycles. The fourth-order valence-corrected chi connectivity index (χ4v) is 1.89. The van der Waals surface area contributed by atoms with Gasteiger partial charge in [-0.15, -0.1) is 0 Å². The summed E-state index contributed by atoms with van der Waals surface area (Å²) in [6, 6.07) is 1.73. The lowest BCUT2D eigenvalue weighted by Crippen LogP contribution is -2.24. The van der Waals surface area contributed by atoms with Crippen molar-refractivity contribution in [2.24, 2.45) is 0 Å². The maximum Gasteiger partial charge on any atom is 0.417 e. The van der Waals surface area contributed by atoms with Crippen LogP contribution in [0.3, 0.4) is 0 Å². The Morgan fingerprint density at radius 1 is 1.26 bits per heavy atom. The van der Waals surface area contributed by atoms with E-state index in [9.17, 15) is 18.0 Å². The minimum Gasteiger partial charge on any atom is -0.456 e. The SMILES string of the molecule is CC(C)(C)OC(=O)c1cc(Br)c(C(F)(F)F)cc1N. The molecule has 0 aliphatic carbocycles. The van der Waals surface area contributed by atoms with Crippen molar-refractivity contribution >= 4 is 27.6 Å². The molecule has 1 rings (SSSR count). The lowest BCUT2D eigenvalue weighted by atomic mass is 10.1. The van der Waals surface area contributed by atoms with Crippen LogP contribution in [0.15, 0.2) is 16.6 Å². The quantitative estimate of drug-likeness (QED) is 0.621. The second-order valence-electron chi connectivity index (χ2n) is 4.92. The summed E-state index contributed by atoms with van der Waals surface area (Å²) in [5.41, 5.74) is 3.43. The summed E-state index contributed by atoms with van der Waals surface area (Å²) in [6.45, 7) is 4.96. The minimum atomic E-state index is -4.54. The topological polar surface area (TPSA) is 52.3 Å². The molecule has 1 aromatic carbocycles. The Morgan fingerprint density at radius 2 is 1.79 bits per heavy atom. The Kier molecular flexibility index (Phi) is 4.19. The number of hydrogen-bond acceptors (Lipinski definition) is 3. The fraction of sp³-hybridized carbons (Fsp3) is 0.417. The molecule has 2 N–H and O–H groups in total. The zero-order valence-electron chi connectivity index (χ0n) is 10.6. The summed E-state index contributed by atoms with van der Waals surface area (Å²) in [5.74, 6) is -0.764. The third-order valence-electron chi connectivity index (χ3n) is 2.06. The molecule has 0 aromatic heterocycles. The fourth-order valence-electron chi connectivity index (χ4n) is 1.32. The van der Waals surface area contributed by atoms with Crippen LogP contribution in [0.4, 0.5) is 18.9 Å². The van der Waals surface area contributed by atoms with E-state index >= 15 is 0 Å². The average Bonchev–Trinajstić information content (AvgIpc) is 2.16. The predicted octanol–water partition coefficient (Wildman–Crippen LogP) is 4.01. The van der Waals surface area contributed by atoms with Gasteiger partial charge in [0.25, 0.3) is 0 Å². The number of alkyl halides is 3. The summed E-state index contributed by atoms with van der Waals surface area (Å²) in [4.78, 5) is 11.8. The number of carbonyl (C=O) groups excluding carboxylic acids is 1. The Hall–Kier alpha value is -1.24. The van der Waals surface area contributed by atoms with Gasteiger partial charge in [0.15, 0.2) is 0 Å². The molecular formula is C12H13BrF3NO2. The molecule has 3 nitrogen and oxygen atoms in total. The average molecular weight is 340 g/mol. The number of esters is 1. The molecule has 0 radical (unpaired) electrons. The van der Waals surface area contributed by atoms with E-state index in [1.165, 1.54) is 0 Å². The van der Waals surface area contributed by atoms with Crippen molar-refractivity contribution in [3.63, 3.8) is 0 Å². The van der Waals surface area contributed by atoms with Crippen molar-refractivity contribution in [2.75, 3.05) is 5.73 Å². The standard InChI is InChI=1S/C12H13BrF3NO2/c1-11(2,3)19-10(18)6-4-8(13)7(5-9(6)17)12(14,15)16/h4-5H,17H2,1-3H3. The summed E-state index contributed by atoms with van der Waals surface area (Å²) >= 11 is 2.78.